The molecule has 150 valence electrons. The molecule has 0 unspecified atom stereocenters. The van der Waals surface area contributed by atoms with Crippen molar-refractivity contribution in [1.29, 1.82) is 0 Å². The van der Waals surface area contributed by atoms with Crippen molar-refractivity contribution in [3.05, 3.63) is 107 Å². The molecule has 3 aromatic rings. The molecule has 0 N–H and O–H groups in total. The smallest absolute Gasteiger partial charge is 0.431 e. The summed E-state index contributed by atoms with van der Waals surface area (Å²) in [7, 11) is 0. The standard InChI is InChI=1S/C26H24N2O2/c1-4-15-30-26(29)28(17-20-14-13-18(2)16-19(20)3)27-25-23-11-7-5-9-21(23)22-10-6-8-12-24(22)25/h4-14,16H,1,15,17H2,2-3H3. The van der Waals surface area contributed by atoms with E-state index in [1.807, 2.05) is 55.5 Å². The monoisotopic (exact) mass is 396 g/mol. The molecular formula is C26H24N2O2. The van der Waals surface area contributed by atoms with Crippen molar-refractivity contribution in [2.45, 2.75) is 20.4 Å². The van der Waals surface area contributed by atoms with E-state index in [-0.39, 0.29) is 6.61 Å². The molecule has 0 spiro atoms. The van der Waals surface area contributed by atoms with Crippen molar-refractivity contribution < 1.29 is 9.53 Å². The number of hydrogen-bond acceptors (Lipinski definition) is 3. The first-order chi connectivity index (χ1) is 14.6. The molecule has 4 heteroatoms. The van der Waals surface area contributed by atoms with Gasteiger partial charge in [-0.15, -0.1) is 0 Å². The molecule has 0 radical (unpaired) electrons. The molecule has 0 aliphatic heterocycles. The van der Waals surface area contributed by atoms with Crippen LogP contribution < -0.4 is 0 Å². The van der Waals surface area contributed by atoms with Crippen LogP contribution in [0.5, 0.6) is 0 Å². The number of aryl methyl sites for hydroxylation is 2. The van der Waals surface area contributed by atoms with Crippen molar-refractivity contribution in [2.75, 3.05) is 6.61 Å². The van der Waals surface area contributed by atoms with Gasteiger partial charge in [0.15, 0.2) is 0 Å². The van der Waals surface area contributed by atoms with E-state index in [0.717, 1.165) is 39.1 Å². The van der Waals surface area contributed by atoms with Gasteiger partial charge in [0.05, 0.1) is 12.3 Å². The highest BCUT2D eigenvalue weighted by atomic mass is 16.6. The predicted octanol–water partition coefficient (Wildman–Crippen LogP) is 5.86. The van der Waals surface area contributed by atoms with Gasteiger partial charge in [-0.25, -0.2) is 4.79 Å². The second-order valence-electron chi connectivity index (χ2n) is 7.39. The van der Waals surface area contributed by atoms with Gasteiger partial charge in [0.25, 0.3) is 0 Å². The van der Waals surface area contributed by atoms with Gasteiger partial charge in [-0.3, -0.25) is 0 Å². The Balaban J connectivity index is 1.78. The molecule has 0 saturated heterocycles. The zero-order valence-corrected chi connectivity index (χ0v) is 17.3. The molecule has 0 atom stereocenters. The van der Waals surface area contributed by atoms with Crippen molar-refractivity contribution in [3.8, 4) is 11.1 Å². The van der Waals surface area contributed by atoms with Crippen LogP contribution in [0.1, 0.15) is 27.8 Å². The third-order valence-corrected chi connectivity index (χ3v) is 5.23. The lowest BCUT2D eigenvalue weighted by atomic mass is 10.1. The minimum Gasteiger partial charge on any atom is -0.444 e. The summed E-state index contributed by atoms with van der Waals surface area (Å²) in [5, 5.41) is 6.22. The van der Waals surface area contributed by atoms with Crippen LogP contribution in [0.2, 0.25) is 0 Å². The Bertz CT molecular complexity index is 1100. The summed E-state index contributed by atoms with van der Waals surface area (Å²) in [4.78, 5) is 12.8. The van der Waals surface area contributed by atoms with Crippen LogP contribution in [0.3, 0.4) is 0 Å². The Kier molecular flexibility index (Phi) is 5.48. The average molecular weight is 396 g/mol. The fourth-order valence-electron chi connectivity index (χ4n) is 3.75. The van der Waals surface area contributed by atoms with Gasteiger partial charge in [-0.1, -0.05) is 84.9 Å². The fraction of sp³-hybridized carbons (Fsp3) is 0.154. The molecule has 0 heterocycles. The second-order valence-corrected chi connectivity index (χ2v) is 7.39. The van der Waals surface area contributed by atoms with E-state index in [4.69, 9.17) is 9.84 Å². The highest BCUT2D eigenvalue weighted by molar-refractivity contribution is 6.24. The van der Waals surface area contributed by atoms with Crippen LogP contribution in [0.15, 0.2) is 84.5 Å². The van der Waals surface area contributed by atoms with E-state index >= 15 is 0 Å². The van der Waals surface area contributed by atoms with Crippen LogP contribution in [0, 0.1) is 13.8 Å². The fourth-order valence-corrected chi connectivity index (χ4v) is 3.75. The number of hydrogen-bond donors (Lipinski definition) is 0. The predicted molar refractivity (Wildman–Crippen MR) is 121 cm³/mol. The largest absolute Gasteiger partial charge is 0.444 e. The Hall–Kier alpha value is -3.66. The molecule has 0 aromatic heterocycles. The van der Waals surface area contributed by atoms with E-state index in [9.17, 15) is 4.79 Å². The maximum atomic E-state index is 12.8. The van der Waals surface area contributed by atoms with Crippen LogP contribution in [0.4, 0.5) is 4.79 Å². The summed E-state index contributed by atoms with van der Waals surface area (Å²) >= 11 is 0. The number of nitrogens with zero attached hydrogens (tertiary/aromatic N) is 2. The van der Waals surface area contributed by atoms with Gasteiger partial charge >= 0.3 is 6.09 Å². The summed E-state index contributed by atoms with van der Waals surface area (Å²) in [6, 6.07) is 22.5. The number of benzene rings is 3. The molecule has 4 rings (SSSR count). The van der Waals surface area contributed by atoms with Crippen LogP contribution in [-0.4, -0.2) is 23.4 Å². The third kappa shape index (κ3) is 3.77. The first kappa shape index (κ1) is 19.6. The maximum absolute atomic E-state index is 12.8. The summed E-state index contributed by atoms with van der Waals surface area (Å²) < 4.78 is 5.34. The number of fused-ring (bicyclic) bond motifs is 3. The number of amides is 1. The molecule has 1 aliphatic carbocycles. The molecule has 1 aliphatic rings. The SMILES string of the molecule is C=CCOC(=O)N(Cc1ccc(C)cc1C)N=C1c2ccccc2-c2ccccc21. The summed E-state index contributed by atoms with van der Waals surface area (Å²) in [6.45, 7) is 8.20. The quantitative estimate of drug-likeness (QED) is 0.313. The minimum absolute atomic E-state index is 0.139. The Morgan fingerprint density at radius 2 is 1.57 bits per heavy atom. The first-order valence-corrected chi connectivity index (χ1v) is 9.97. The van der Waals surface area contributed by atoms with Crippen LogP contribution in [-0.2, 0) is 11.3 Å². The van der Waals surface area contributed by atoms with Gasteiger partial charge in [0, 0.05) is 11.1 Å². The third-order valence-electron chi connectivity index (χ3n) is 5.23. The van der Waals surface area contributed by atoms with Gasteiger partial charge in [0.2, 0.25) is 0 Å². The van der Waals surface area contributed by atoms with Gasteiger partial charge < -0.3 is 4.74 Å². The van der Waals surface area contributed by atoms with Crippen LogP contribution in [0.25, 0.3) is 11.1 Å². The number of rotatable bonds is 5. The summed E-state index contributed by atoms with van der Waals surface area (Å²) in [6.07, 6.45) is 1.06. The molecule has 0 fully saturated rings. The van der Waals surface area contributed by atoms with Gasteiger partial charge in [-0.2, -0.15) is 10.1 Å². The molecular weight excluding hydrogens is 372 g/mol. The lowest BCUT2D eigenvalue weighted by molar-refractivity contribution is 0.111. The van der Waals surface area contributed by atoms with Crippen molar-refractivity contribution >= 4 is 11.8 Å². The minimum atomic E-state index is -0.496. The Morgan fingerprint density at radius 3 is 2.13 bits per heavy atom. The molecule has 4 nitrogen and oxygen atoms in total. The molecule has 30 heavy (non-hydrogen) atoms. The maximum Gasteiger partial charge on any atom is 0.431 e. The zero-order valence-electron chi connectivity index (χ0n) is 17.3. The van der Waals surface area contributed by atoms with E-state index in [1.165, 1.54) is 10.6 Å². The molecule has 1 amide bonds. The summed E-state index contributed by atoms with van der Waals surface area (Å²) in [5.74, 6) is 0. The first-order valence-electron chi connectivity index (χ1n) is 9.97. The van der Waals surface area contributed by atoms with E-state index in [0.29, 0.717) is 6.54 Å². The average Bonchev–Trinajstić information content (AvgIpc) is 3.07. The van der Waals surface area contributed by atoms with E-state index in [2.05, 4.69) is 31.7 Å². The zero-order chi connectivity index (χ0) is 21.1. The van der Waals surface area contributed by atoms with Crippen molar-refractivity contribution in [1.82, 2.24) is 5.01 Å². The van der Waals surface area contributed by atoms with Gasteiger partial charge in [-0.05, 0) is 36.1 Å². The number of hydrazone groups is 1. The number of carbonyl (C=O) groups excluding carboxylic acids is 1. The Morgan fingerprint density at radius 1 is 0.967 bits per heavy atom. The molecule has 3 aromatic carbocycles. The van der Waals surface area contributed by atoms with E-state index < -0.39 is 6.09 Å². The highest BCUT2D eigenvalue weighted by Gasteiger charge is 2.26. The molecule has 0 saturated carbocycles. The topological polar surface area (TPSA) is 41.9 Å². The van der Waals surface area contributed by atoms with Crippen molar-refractivity contribution in [2.24, 2.45) is 5.10 Å². The van der Waals surface area contributed by atoms with Crippen molar-refractivity contribution in [3.63, 3.8) is 0 Å². The van der Waals surface area contributed by atoms with Gasteiger partial charge in [0.1, 0.15) is 6.61 Å². The normalized spacial score (nSPS) is 11.5. The molecule has 0 bridgehead atoms. The van der Waals surface area contributed by atoms with Crippen LogP contribution >= 0.6 is 0 Å². The Labute approximate surface area is 177 Å². The highest BCUT2D eigenvalue weighted by Crippen LogP contribution is 2.37. The number of carbonyl (C=O) groups is 1. The lowest BCUT2D eigenvalue weighted by Crippen LogP contribution is -2.28. The second kappa shape index (κ2) is 8.37. The van der Waals surface area contributed by atoms with E-state index in [1.54, 1.807) is 6.08 Å². The number of ether oxygens (including phenoxy) is 1. The lowest BCUT2D eigenvalue weighted by Gasteiger charge is -2.19. The summed E-state index contributed by atoms with van der Waals surface area (Å²) in [5.41, 5.74) is 8.38.